The molecule has 1 fully saturated rings. The van der Waals surface area contributed by atoms with Gasteiger partial charge < -0.3 is 0 Å². The van der Waals surface area contributed by atoms with Gasteiger partial charge >= 0.3 is 0 Å². The fourth-order valence-electron chi connectivity index (χ4n) is 2.70. The zero-order valence-corrected chi connectivity index (χ0v) is 12.3. The highest BCUT2D eigenvalue weighted by molar-refractivity contribution is 7.38. The molecular formula is C15H31P. The SMILES string of the molecule is CCCCCCPC1CCCCCCCC1. The van der Waals surface area contributed by atoms with Gasteiger partial charge in [-0.25, -0.2) is 0 Å². The Balaban J connectivity index is 2.03. The lowest BCUT2D eigenvalue weighted by atomic mass is 10.1. The normalized spacial score (nSPS) is 20.8. The summed E-state index contributed by atoms with van der Waals surface area (Å²) in [7, 11) is 1.28. The summed E-state index contributed by atoms with van der Waals surface area (Å²) in [5, 5.41) is 0. The largest absolute Gasteiger partial charge is 0.119 e. The zero-order valence-electron chi connectivity index (χ0n) is 11.3. The molecule has 0 aromatic rings. The third-order valence-corrected chi connectivity index (χ3v) is 5.62. The lowest BCUT2D eigenvalue weighted by Gasteiger charge is -2.15. The molecule has 0 saturated heterocycles. The Kier molecular flexibility index (Phi) is 9.58. The van der Waals surface area contributed by atoms with Crippen molar-refractivity contribution in [3.63, 3.8) is 0 Å². The van der Waals surface area contributed by atoms with Gasteiger partial charge in [0.15, 0.2) is 0 Å². The first-order chi connectivity index (χ1) is 7.93. The molecule has 0 aliphatic heterocycles. The minimum atomic E-state index is 1.11. The molecule has 0 nitrogen and oxygen atoms in total. The van der Waals surface area contributed by atoms with E-state index >= 15 is 0 Å². The Hall–Kier alpha value is 0.430. The summed E-state index contributed by atoms with van der Waals surface area (Å²) in [6, 6.07) is 0. The quantitative estimate of drug-likeness (QED) is 0.411. The first kappa shape index (κ1) is 14.5. The van der Waals surface area contributed by atoms with Crippen LogP contribution < -0.4 is 0 Å². The lowest BCUT2D eigenvalue weighted by Crippen LogP contribution is -2.01. The first-order valence-corrected chi connectivity index (χ1v) is 8.95. The van der Waals surface area contributed by atoms with Gasteiger partial charge in [0.05, 0.1) is 0 Å². The second-order valence-corrected chi connectivity index (χ2v) is 7.14. The first-order valence-electron chi connectivity index (χ1n) is 7.67. The summed E-state index contributed by atoms with van der Waals surface area (Å²) in [5.74, 6) is 0. The van der Waals surface area contributed by atoms with Crippen molar-refractivity contribution in [1.82, 2.24) is 0 Å². The lowest BCUT2D eigenvalue weighted by molar-refractivity contribution is 0.624. The van der Waals surface area contributed by atoms with Gasteiger partial charge in [0, 0.05) is 0 Å². The van der Waals surface area contributed by atoms with Crippen LogP contribution in [0.5, 0.6) is 0 Å². The van der Waals surface area contributed by atoms with Crippen LogP contribution in [-0.2, 0) is 0 Å². The van der Waals surface area contributed by atoms with E-state index in [1.165, 1.54) is 79.0 Å². The molecule has 16 heavy (non-hydrogen) atoms. The maximum Gasteiger partial charge on any atom is -0.0237 e. The molecule has 1 aliphatic rings. The highest BCUT2D eigenvalue weighted by Crippen LogP contribution is 2.31. The number of rotatable bonds is 6. The van der Waals surface area contributed by atoms with Crippen molar-refractivity contribution in [3.8, 4) is 0 Å². The van der Waals surface area contributed by atoms with Gasteiger partial charge in [-0.15, -0.1) is 8.58 Å². The van der Waals surface area contributed by atoms with E-state index in [9.17, 15) is 0 Å². The van der Waals surface area contributed by atoms with Crippen LogP contribution in [-0.4, -0.2) is 11.8 Å². The van der Waals surface area contributed by atoms with E-state index in [1.54, 1.807) is 12.8 Å². The Labute approximate surface area is 105 Å². The average Bonchev–Trinajstić information content (AvgIpc) is 2.42. The van der Waals surface area contributed by atoms with E-state index < -0.39 is 0 Å². The maximum atomic E-state index is 2.31. The van der Waals surface area contributed by atoms with Gasteiger partial charge in [-0.1, -0.05) is 64.7 Å². The van der Waals surface area contributed by atoms with Crippen molar-refractivity contribution in [1.29, 1.82) is 0 Å². The average molecular weight is 242 g/mol. The molecule has 1 saturated carbocycles. The molecule has 0 heterocycles. The predicted octanol–water partition coefficient (Wildman–Crippen LogP) is 5.75. The summed E-state index contributed by atoms with van der Waals surface area (Å²) in [6.07, 6.45) is 19.5. The molecule has 1 aliphatic carbocycles. The number of hydrogen-bond acceptors (Lipinski definition) is 0. The summed E-state index contributed by atoms with van der Waals surface area (Å²) >= 11 is 0. The standard InChI is InChI=1S/C15H31P/c1-2-3-4-11-14-16-15-12-9-7-5-6-8-10-13-15/h15-16H,2-14H2,1H3. The summed E-state index contributed by atoms with van der Waals surface area (Å²) in [4.78, 5) is 0. The van der Waals surface area contributed by atoms with Crippen LogP contribution in [0.15, 0.2) is 0 Å². The Bertz CT molecular complexity index is 134. The minimum Gasteiger partial charge on any atom is -0.119 e. The zero-order chi connectivity index (χ0) is 11.5. The molecule has 96 valence electrons. The monoisotopic (exact) mass is 242 g/mol. The molecule has 0 radical (unpaired) electrons. The van der Waals surface area contributed by atoms with Crippen LogP contribution in [0.3, 0.4) is 0 Å². The van der Waals surface area contributed by atoms with Gasteiger partial charge in [-0.3, -0.25) is 0 Å². The number of unbranched alkanes of at least 4 members (excludes halogenated alkanes) is 3. The van der Waals surface area contributed by atoms with Crippen molar-refractivity contribution in [2.45, 2.75) is 89.6 Å². The van der Waals surface area contributed by atoms with E-state index in [1.807, 2.05) is 0 Å². The van der Waals surface area contributed by atoms with E-state index in [4.69, 9.17) is 0 Å². The Morgan fingerprint density at radius 1 is 0.812 bits per heavy atom. The van der Waals surface area contributed by atoms with Gasteiger partial charge in [0.1, 0.15) is 0 Å². The Morgan fingerprint density at radius 2 is 1.44 bits per heavy atom. The fourth-order valence-corrected chi connectivity index (χ4v) is 4.37. The highest BCUT2D eigenvalue weighted by atomic mass is 31.1. The molecule has 1 rings (SSSR count). The fraction of sp³-hybridized carbons (Fsp3) is 1.00. The summed E-state index contributed by atoms with van der Waals surface area (Å²) in [6.45, 7) is 2.31. The topological polar surface area (TPSA) is 0 Å². The van der Waals surface area contributed by atoms with E-state index in [2.05, 4.69) is 6.92 Å². The van der Waals surface area contributed by atoms with Crippen LogP contribution in [0.2, 0.25) is 0 Å². The van der Waals surface area contributed by atoms with Crippen LogP contribution in [0.1, 0.15) is 84.0 Å². The predicted molar refractivity (Wildman–Crippen MR) is 78.0 cm³/mol. The second kappa shape index (κ2) is 10.6. The van der Waals surface area contributed by atoms with E-state index in [0.717, 1.165) is 5.66 Å². The second-order valence-electron chi connectivity index (χ2n) is 5.41. The molecular weight excluding hydrogens is 211 g/mol. The van der Waals surface area contributed by atoms with Crippen LogP contribution in [0.25, 0.3) is 0 Å². The molecule has 0 aromatic heterocycles. The third-order valence-electron chi connectivity index (χ3n) is 3.82. The van der Waals surface area contributed by atoms with Crippen LogP contribution in [0.4, 0.5) is 0 Å². The molecule has 1 atom stereocenters. The maximum absolute atomic E-state index is 2.31. The van der Waals surface area contributed by atoms with Gasteiger partial charge in [0.25, 0.3) is 0 Å². The van der Waals surface area contributed by atoms with Crippen molar-refractivity contribution >= 4 is 8.58 Å². The van der Waals surface area contributed by atoms with Gasteiger partial charge in [0.2, 0.25) is 0 Å². The van der Waals surface area contributed by atoms with E-state index in [-0.39, 0.29) is 0 Å². The molecule has 1 unspecified atom stereocenters. The minimum absolute atomic E-state index is 1.11. The van der Waals surface area contributed by atoms with Crippen molar-refractivity contribution < 1.29 is 0 Å². The summed E-state index contributed by atoms with van der Waals surface area (Å²) < 4.78 is 0. The van der Waals surface area contributed by atoms with Gasteiger partial charge in [-0.05, 0) is 31.1 Å². The molecule has 0 bridgehead atoms. The van der Waals surface area contributed by atoms with E-state index in [0.29, 0.717) is 0 Å². The van der Waals surface area contributed by atoms with Crippen LogP contribution >= 0.6 is 8.58 Å². The van der Waals surface area contributed by atoms with Gasteiger partial charge in [-0.2, -0.15) is 0 Å². The van der Waals surface area contributed by atoms with Crippen molar-refractivity contribution in [2.75, 3.05) is 6.16 Å². The molecule has 0 spiro atoms. The van der Waals surface area contributed by atoms with Crippen LogP contribution in [0, 0.1) is 0 Å². The summed E-state index contributed by atoms with van der Waals surface area (Å²) in [5.41, 5.74) is 1.11. The molecule has 0 aromatic carbocycles. The van der Waals surface area contributed by atoms with Crippen molar-refractivity contribution in [2.24, 2.45) is 0 Å². The number of hydrogen-bond donors (Lipinski definition) is 0. The molecule has 0 amide bonds. The highest BCUT2D eigenvalue weighted by Gasteiger charge is 2.09. The molecule has 0 N–H and O–H groups in total. The van der Waals surface area contributed by atoms with Crippen molar-refractivity contribution in [3.05, 3.63) is 0 Å². The Morgan fingerprint density at radius 3 is 2.06 bits per heavy atom. The smallest absolute Gasteiger partial charge is 0.0237 e. The molecule has 1 heteroatoms. The third kappa shape index (κ3) is 7.66.